The zero-order chi connectivity index (χ0) is 19.2. The van der Waals surface area contributed by atoms with E-state index in [0.29, 0.717) is 30.4 Å². The fraction of sp³-hybridized carbons (Fsp3) is 0.136. The fourth-order valence-electron chi connectivity index (χ4n) is 2.82. The number of rotatable bonds is 7. The Morgan fingerprint density at radius 2 is 1.64 bits per heavy atom. The molecule has 4 aromatic rings. The standard InChI is InChI=1S/C22H19N3O3/c26-20(23-15-19-7-4-14-27-19)12-13-21-24-22(25-28-21)18-10-8-17(9-11-18)16-5-2-1-3-6-16/h1-11,14H,12-13,15H2,(H,23,26). The van der Waals surface area contributed by atoms with Gasteiger partial charge in [-0.15, -0.1) is 0 Å². The molecule has 0 spiro atoms. The van der Waals surface area contributed by atoms with Crippen LogP contribution in [0.15, 0.2) is 81.9 Å². The number of hydrogen-bond donors (Lipinski definition) is 1. The highest BCUT2D eigenvalue weighted by Gasteiger charge is 2.11. The summed E-state index contributed by atoms with van der Waals surface area (Å²) in [5, 5.41) is 6.81. The van der Waals surface area contributed by atoms with E-state index < -0.39 is 0 Å². The second-order valence-corrected chi connectivity index (χ2v) is 6.31. The molecule has 28 heavy (non-hydrogen) atoms. The van der Waals surface area contributed by atoms with Gasteiger partial charge in [-0.3, -0.25) is 4.79 Å². The molecule has 2 heterocycles. The van der Waals surface area contributed by atoms with Gasteiger partial charge >= 0.3 is 0 Å². The first-order valence-electron chi connectivity index (χ1n) is 9.05. The molecular weight excluding hydrogens is 354 g/mol. The van der Waals surface area contributed by atoms with Gasteiger partial charge in [0.05, 0.1) is 12.8 Å². The summed E-state index contributed by atoms with van der Waals surface area (Å²) in [6, 6.07) is 21.7. The second kappa shape index (κ2) is 8.35. The minimum atomic E-state index is -0.0941. The van der Waals surface area contributed by atoms with E-state index in [2.05, 4.69) is 27.6 Å². The molecule has 140 valence electrons. The molecule has 0 bridgehead atoms. The summed E-state index contributed by atoms with van der Waals surface area (Å²) in [5.74, 6) is 1.58. The molecule has 0 unspecified atom stereocenters. The summed E-state index contributed by atoms with van der Waals surface area (Å²) in [7, 11) is 0. The summed E-state index contributed by atoms with van der Waals surface area (Å²) >= 11 is 0. The van der Waals surface area contributed by atoms with Crippen LogP contribution in [0.5, 0.6) is 0 Å². The smallest absolute Gasteiger partial charge is 0.227 e. The first kappa shape index (κ1) is 17.7. The van der Waals surface area contributed by atoms with Gasteiger partial charge in [-0.1, -0.05) is 59.8 Å². The highest BCUT2D eigenvalue weighted by molar-refractivity contribution is 5.76. The Hall–Kier alpha value is -3.67. The molecule has 1 amide bonds. The summed E-state index contributed by atoms with van der Waals surface area (Å²) in [4.78, 5) is 16.3. The average Bonchev–Trinajstić information content (AvgIpc) is 3.44. The lowest BCUT2D eigenvalue weighted by Crippen LogP contribution is -2.22. The zero-order valence-corrected chi connectivity index (χ0v) is 15.2. The number of furan rings is 1. The Labute approximate surface area is 162 Å². The Morgan fingerprint density at radius 1 is 0.893 bits per heavy atom. The second-order valence-electron chi connectivity index (χ2n) is 6.31. The Kier molecular flexibility index (Phi) is 5.29. The van der Waals surface area contributed by atoms with Crippen molar-refractivity contribution in [3.05, 3.63) is 84.6 Å². The molecule has 4 rings (SSSR count). The van der Waals surface area contributed by atoms with Gasteiger partial charge in [0.1, 0.15) is 5.76 Å². The number of nitrogens with zero attached hydrogens (tertiary/aromatic N) is 2. The molecule has 1 N–H and O–H groups in total. The molecule has 0 aliphatic rings. The van der Waals surface area contributed by atoms with Crippen LogP contribution in [-0.4, -0.2) is 16.0 Å². The van der Waals surface area contributed by atoms with Crippen molar-refractivity contribution < 1.29 is 13.7 Å². The maximum Gasteiger partial charge on any atom is 0.227 e. The van der Waals surface area contributed by atoms with E-state index in [1.54, 1.807) is 12.3 Å². The van der Waals surface area contributed by atoms with Crippen LogP contribution >= 0.6 is 0 Å². The first-order valence-corrected chi connectivity index (χ1v) is 9.05. The molecule has 0 saturated carbocycles. The monoisotopic (exact) mass is 373 g/mol. The highest BCUT2D eigenvalue weighted by atomic mass is 16.5. The minimum absolute atomic E-state index is 0.0941. The predicted molar refractivity (Wildman–Crippen MR) is 104 cm³/mol. The van der Waals surface area contributed by atoms with Crippen LogP contribution in [0.1, 0.15) is 18.1 Å². The highest BCUT2D eigenvalue weighted by Crippen LogP contribution is 2.23. The number of aryl methyl sites for hydroxylation is 1. The van der Waals surface area contributed by atoms with E-state index in [-0.39, 0.29) is 12.3 Å². The lowest BCUT2D eigenvalue weighted by atomic mass is 10.0. The Balaban J connectivity index is 1.33. The Morgan fingerprint density at radius 3 is 2.39 bits per heavy atom. The Bertz CT molecular complexity index is 1020. The number of carbonyl (C=O) groups is 1. The van der Waals surface area contributed by atoms with Crippen molar-refractivity contribution in [1.29, 1.82) is 0 Å². The maximum absolute atomic E-state index is 11.9. The van der Waals surface area contributed by atoms with Gasteiger partial charge in [0.15, 0.2) is 0 Å². The molecule has 0 fully saturated rings. The van der Waals surface area contributed by atoms with E-state index in [0.717, 1.165) is 16.7 Å². The van der Waals surface area contributed by atoms with E-state index >= 15 is 0 Å². The van der Waals surface area contributed by atoms with Crippen LogP contribution in [0.25, 0.3) is 22.5 Å². The van der Waals surface area contributed by atoms with Crippen molar-refractivity contribution in [3.63, 3.8) is 0 Å². The van der Waals surface area contributed by atoms with Crippen LogP contribution in [-0.2, 0) is 17.8 Å². The number of carbonyl (C=O) groups excluding carboxylic acids is 1. The SMILES string of the molecule is O=C(CCc1nc(-c2ccc(-c3ccccc3)cc2)no1)NCc1ccco1. The van der Waals surface area contributed by atoms with Crippen molar-refractivity contribution >= 4 is 5.91 Å². The van der Waals surface area contributed by atoms with Crippen LogP contribution in [0, 0.1) is 0 Å². The molecule has 0 atom stereocenters. The molecule has 0 radical (unpaired) electrons. The lowest BCUT2D eigenvalue weighted by molar-refractivity contribution is -0.121. The third-order valence-corrected chi connectivity index (χ3v) is 4.32. The van der Waals surface area contributed by atoms with Gasteiger partial charge in [0.2, 0.25) is 17.6 Å². The van der Waals surface area contributed by atoms with Crippen LogP contribution in [0.3, 0.4) is 0 Å². The van der Waals surface area contributed by atoms with Crippen LogP contribution < -0.4 is 5.32 Å². The zero-order valence-electron chi connectivity index (χ0n) is 15.2. The van der Waals surface area contributed by atoms with E-state index in [1.807, 2.05) is 48.5 Å². The first-order chi connectivity index (χ1) is 13.8. The van der Waals surface area contributed by atoms with Gasteiger partial charge in [-0.2, -0.15) is 4.98 Å². The van der Waals surface area contributed by atoms with E-state index in [4.69, 9.17) is 8.94 Å². The minimum Gasteiger partial charge on any atom is -0.467 e. The van der Waals surface area contributed by atoms with Crippen molar-refractivity contribution in [3.8, 4) is 22.5 Å². The van der Waals surface area contributed by atoms with E-state index in [9.17, 15) is 4.79 Å². The number of benzene rings is 2. The van der Waals surface area contributed by atoms with Gasteiger partial charge in [0.25, 0.3) is 0 Å². The molecular formula is C22H19N3O3. The topological polar surface area (TPSA) is 81.2 Å². The number of amides is 1. The summed E-state index contributed by atoms with van der Waals surface area (Å²) in [5.41, 5.74) is 3.15. The van der Waals surface area contributed by atoms with Gasteiger partial charge in [-0.25, -0.2) is 0 Å². The molecule has 0 saturated heterocycles. The molecule has 0 aliphatic heterocycles. The van der Waals surface area contributed by atoms with Gasteiger partial charge in [0, 0.05) is 18.4 Å². The van der Waals surface area contributed by atoms with Gasteiger partial charge in [-0.05, 0) is 23.3 Å². The van der Waals surface area contributed by atoms with Crippen molar-refractivity contribution in [2.45, 2.75) is 19.4 Å². The number of nitrogens with one attached hydrogen (secondary N) is 1. The summed E-state index contributed by atoms with van der Waals surface area (Å²) < 4.78 is 10.5. The van der Waals surface area contributed by atoms with Crippen molar-refractivity contribution in [2.75, 3.05) is 0 Å². The van der Waals surface area contributed by atoms with Crippen molar-refractivity contribution in [1.82, 2.24) is 15.5 Å². The van der Waals surface area contributed by atoms with Crippen LogP contribution in [0.2, 0.25) is 0 Å². The molecule has 6 nitrogen and oxygen atoms in total. The largest absolute Gasteiger partial charge is 0.467 e. The lowest BCUT2D eigenvalue weighted by Gasteiger charge is -2.02. The number of aromatic nitrogens is 2. The van der Waals surface area contributed by atoms with E-state index in [1.165, 1.54) is 0 Å². The average molecular weight is 373 g/mol. The normalized spacial score (nSPS) is 10.7. The summed E-state index contributed by atoms with van der Waals surface area (Å²) in [6.07, 6.45) is 2.24. The van der Waals surface area contributed by atoms with Crippen LogP contribution in [0.4, 0.5) is 0 Å². The predicted octanol–water partition coefficient (Wildman–Crippen LogP) is 4.25. The fourth-order valence-corrected chi connectivity index (χ4v) is 2.82. The summed E-state index contributed by atoms with van der Waals surface area (Å²) in [6.45, 7) is 0.370. The van der Waals surface area contributed by atoms with Gasteiger partial charge < -0.3 is 14.3 Å². The molecule has 6 heteroatoms. The molecule has 0 aliphatic carbocycles. The quantitative estimate of drug-likeness (QED) is 0.524. The maximum atomic E-state index is 11.9. The van der Waals surface area contributed by atoms with Crippen molar-refractivity contribution in [2.24, 2.45) is 0 Å². The molecule has 2 aromatic heterocycles. The number of hydrogen-bond acceptors (Lipinski definition) is 5. The third-order valence-electron chi connectivity index (χ3n) is 4.32. The molecule has 2 aromatic carbocycles. The third kappa shape index (κ3) is 4.35.